The lowest BCUT2D eigenvalue weighted by atomic mass is 10.2. The number of halogens is 1. The zero-order valence-corrected chi connectivity index (χ0v) is 12.5. The molecule has 1 atom stereocenters. The van der Waals surface area contributed by atoms with E-state index in [1.807, 2.05) is 11.8 Å². The molecule has 0 aliphatic carbocycles. The van der Waals surface area contributed by atoms with Crippen LogP contribution < -0.4 is 10.6 Å². The Morgan fingerprint density at radius 2 is 1.95 bits per heavy atom. The minimum absolute atomic E-state index is 0.0830. The van der Waals surface area contributed by atoms with Crippen molar-refractivity contribution in [3.63, 3.8) is 0 Å². The summed E-state index contributed by atoms with van der Waals surface area (Å²) >= 11 is 3.31. The molecule has 1 saturated heterocycles. The topological polar surface area (TPSA) is 75.4 Å². The minimum atomic E-state index is -0.0830. The van der Waals surface area contributed by atoms with Crippen LogP contribution in [0.2, 0.25) is 0 Å². The molecule has 6 nitrogen and oxygen atoms in total. The third-order valence-electron chi connectivity index (χ3n) is 3.02. The number of hydrogen-bond acceptors (Lipinski definition) is 5. The predicted octanol–water partition coefficient (Wildman–Crippen LogP) is 0.625. The van der Waals surface area contributed by atoms with Crippen LogP contribution >= 0.6 is 15.9 Å². The maximum atomic E-state index is 11.9. The van der Waals surface area contributed by atoms with Gasteiger partial charge in [-0.1, -0.05) is 0 Å². The van der Waals surface area contributed by atoms with Gasteiger partial charge in [-0.05, 0) is 22.9 Å². The first kappa shape index (κ1) is 14.2. The number of hydrogen-bond donors (Lipinski definition) is 1. The molecule has 0 saturated carbocycles. The summed E-state index contributed by atoms with van der Waals surface area (Å²) in [6.07, 6.45) is 3.88. The molecule has 1 amide bonds. The fourth-order valence-corrected chi connectivity index (χ4v) is 2.23. The molecule has 0 radical (unpaired) electrons. The number of carbonyl (C=O) groups is 1. The Kier molecular flexibility index (Phi) is 4.71. The Morgan fingerprint density at radius 3 is 2.47 bits per heavy atom. The van der Waals surface area contributed by atoms with Crippen LogP contribution in [0.5, 0.6) is 0 Å². The maximum absolute atomic E-state index is 11.9. The van der Waals surface area contributed by atoms with Crippen molar-refractivity contribution >= 4 is 27.8 Å². The molecule has 0 spiro atoms. The standard InChI is InChI=1S/C12H18BrN5O/c1-9(14)6-11(19)17-2-4-18(5-3-17)12-15-7-10(13)8-16-12/h7-9H,2-6,14H2,1H3. The second-order valence-electron chi connectivity index (χ2n) is 4.75. The second kappa shape index (κ2) is 6.29. The summed E-state index contributed by atoms with van der Waals surface area (Å²) in [6, 6.07) is -0.0830. The molecule has 1 unspecified atom stereocenters. The van der Waals surface area contributed by atoms with E-state index >= 15 is 0 Å². The van der Waals surface area contributed by atoms with Crippen molar-refractivity contribution in [3.05, 3.63) is 16.9 Å². The molecule has 0 bridgehead atoms. The summed E-state index contributed by atoms with van der Waals surface area (Å²) in [7, 11) is 0. The van der Waals surface area contributed by atoms with E-state index < -0.39 is 0 Å². The molecular formula is C12H18BrN5O. The van der Waals surface area contributed by atoms with Gasteiger partial charge in [0.2, 0.25) is 11.9 Å². The summed E-state index contributed by atoms with van der Waals surface area (Å²) in [6.45, 7) is 4.76. The van der Waals surface area contributed by atoms with E-state index in [1.54, 1.807) is 12.4 Å². The van der Waals surface area contributed by atoms with E-state index in [1.165, 1.54) is 0 Å². The number of anilines is 1. The zero-order valence-electron chi connectivity index (χ0n) is 10.9. The quantitative estimate of drug-likeness (QED) is 0.881. The molecule has 7 heteroatoms. The second-order valence-corrected chi connectivity index (χ2v) is 5.67. The fraction of sp³-hybridized carbons (Fsp3) is 0.583. The maximum Gasteiger partial charge on any atom is 0.225 e. The smallest absolute Gasteiger partial charge is 0.225 e. The van der Waals surface area contributed by atoms with Crippen LogP contribution in [-0.2, 0) is 4.79 Å². The first-order valence-electron chi connectivity index (χ1n) is 6.32. The van der Waals surface area contributed by atoms with Crippen LogP contribution in [0.4, 0.5) is 5.95 Å². The van der Waals surface area contributed by atoms with Crippen molar-refractivity contribution in [3.8, 4) is 0 Å². The highest BCUT2D eigenvalue weighted by molar-refractivity contribution is 9.10. The van der Waals surface area contributed by atoms with E-state index in [2.05, 4.69) is 30.8 Å². The van der Waals surface area contributed by atoms with Gasteiger partial charge in [-0.3, -0.25) is 4.79 Å². The summed E-state index contributed by atoms with van der Waals surface area (Å²) in [5, 5.41) is 0. The SMILES string of the molecule is CC(N)CC(=O)N1CCN(c2ncc(Br)cn2)CC1. The van der Waals surface area contributed by atoms with Crippen LogP contribution in [0, 0.1) is 0 Å². The Labute approximate surface area is 121 Å². The van der Waals surface area contributed by atoms with Crippen molar-refractivity contribution in [2.45, 2.75) is 19.4 Å². The molecule has 2 N–H and O–H groups in total. The Balaban J connectivity index is 1.88. The number of nitrogens with two attached hydrogens (primary N) is 1. The van der Waals surface area contributed by atoms with Gasteiger partial charge in [0.15, 0.2) is 0 Å². The highest BCUT2D eigenvalue weighted by Crippen LogP contribution is 2.13. The van der Waals surface area contributed by atoms with Crippen molar-refractivity contribution in [2.75, 3.05) is 31.1 Å². The van der Waals surface area contributed by atoms with Gasteiger partial charge >= 0.3 is 0 Å². The zero-order chi connectivity index (χ0) is 13.8. The van der Waals surface area contributed by atoms with Crippen LogP contribution in [0.25, 0.3) is 0 Å². The molecule has 2 rings (SSSR count). The van der Waals surface area contributed by atoms with Gasteiger partial charge in [-0.15, -0.1) is 0 Å². The molecule has 104 valence electrons. The van der Waals surface area contributed by atoms with E-state index in [0.29, 0.717) is 25.5 Å². The van der Waals surface area contributed by atoms with Gasteiger partial charge in [0.1, 0.15) is 0 Å². The van der Waals surface area contributed by atoms with Gasteiger partial charge in [-0.2, -0.15) is 0 Å². The van der Waals surface area contributed by atoms with Gasteiger partial charge in [-0.25, -0.2) is 9.97 Å². The summed E-state index contributed by atoms with van der Waals surface area (Å²) in [4.78, 5) is 24.4. The van der Waals surface area contributed by atoms with Crippen molar-refractivity contribution in [2.24, 2.45) is 5.73 Å². The number of aromatic nitrogens is 2. The third-order valence-corrected chi connectivity index (χ3v) is 3.43. The number of nitrogens with zero attached hydrogens (tertiary/aromatic N) is 4. The van der Waals surface area contributed by atoms with Gasteiger partial charge in [0.25, 0.3) is 0 Å². The molecule has 0 aromatic carbocycles. The first-order valence-corrected chi connectivity index (χ1v) is 7.11. The lowest BCUT2D eigenvalue weighted by Gasteiger charge is -2.35. The van der Waals surface area contributed by atoms with E-state index in [0.717, 1.165) is 17.6 Å². The molecule has 1 aliphatic rings. The Hall–Kier alpha value is -1.21. The van der Waals surface area contributed by atoms with Crippen LogP contribution in [0.3, 0.4) is 0 Å². The lowest BCUT2D eigenvalue weighted by Crippen LogP contribution is -2.50. The van der Waals surface area contributed by atoms with E-state index in [-0.39, 0.29) is 11.9 Å². The lowest BCUT2D eigenvalue weighted by molar-refractivity contribution is -0.131. The largest absolute Gasteiger partial charge is 0.339 e. The summed E-state index contributed by atoms with van der Waals surface area (Å²) in [5.74, 6) is 0.842. The average molecular weight is 328 g/mol. The highest BCUT2D eigenvalue weighted by Gasteiger charge is 2.22. The summed E-state index contributed by atoms with van der Waals surface area (Å²) in [5.41, 5.74) is 5.65. The van der Waals surface area contributed by atoms with Gasteiger partial charge < -0.3 is 15.5 Å². The highest BCUT2D eigenvalue weighted by atomic mass is 79.9. The van der Waals surface area contributed by atoms with E-state index in [9.17, 15) is 4.79 Å². The number of amides is 1. The first-order chi connectivity index (χ1) is 9.06. The number of carbonyl (C=O) groups excluding carboxylic acids is 1. The summed E-state index contributed by atoms with van der Waals surface area (Å²) < 4.78 is 0.863. The number of piperazine rings is 1. The van der Waals surface area contributed by atoms with Crippen molar-refractivity contribution in [1.29, 1.82) is 0 Å². The monoisotopic (exact) mass is 327 g/mol. The Bertz CT molecular complexity index is 428. The molecule has 1 aromatic rings. The van der Waals surface area contributed by atoms with Crippen molar-refractivity contribution in [1.82, 2.24) is 14.9 Å². The third kappa shape index (κ3) is 3.87. The Morgan fingerprint density at radius 1 is 1.37 bits per heavy atom. The molecule has 19 heavy (non-hydrogen) atoms. The van der Waals surface area contributed by atoms with Crippen LogP contribution in [-0.4, -0.2) is 53.0 Å². The minimum Gasteiger partial charge on any atom is -0.339 e. The van der Waals surface area contributed by atoms with Crippen LogP contribution in [0.15, 0.2) is 16.9 Å². The fourth-order valence-electron chi connectivity index (χ4n) is 2.03. The molecule has 2 heterocycles. The van der Waals surface area contributed by atoms with Gasteiger partial charge in [0, 0.05) is 51.0 Å². The van der Waals surface area contributed by atoms with Gasteiger partial charge in [0.05, 0.1) is 4.47 Å². The molecular weight excluding hydrogens is 310 g/mol. The average Bonchev–Trinajstić information content (AvgIpc) is 2.39. The van der Waals surface area contributed by atoms with Crippen LogP contribution in [0.1, 0.15) is 13.3 Å². The molecule has 1 aromatic heterocycles. The predicted molar refractivity (Wildman–Crippen MR) is 76.8 cm³/mol. The number of rotatable bonds is 3. The molecule has 1 aliphatic heterocycles. The van der Waals surface area contributed by atoms with E-state index in [4.69, 9.17) is 5.73 Å². The van der Waals surface area contributed by atoms with Crippen molar-refractivity contribution < 1.29 is 4.79 Å². The normalized spacial score (nSPS) is 17.4. The molecule has 1 fully saturated rings.